The Morgan fingerprint density at radius 2 is 2.30 bits per heavy atom. The van der Waals surface area contributed by atoms with Crippen LogP contribution >= 0.6 is 0 Å². The standard InChI is InChI=1S/C8H16N2/c1-10-6-2-3-7-8(10)4-5-9-7/h7-9H,2-6H2,1H3/t7?,8-/m1/s1. The van der Waals surface area contributed by atoms with Crippen LogP contribution in [0, 0.1) is 0 Å². The van der Waals surface area contributed by atoms with E-state index in [-0.39, 0.29) is 0 Å². The Kier molecular flexibility index (Phi) is 1.66. The number of likely N-dealkylation sites (tertiary alicyclic amines) is 1. The van der Waals surface area contributed by atoms with Gasteiger partial charge < -0.3 is 10.2 Å². The van der Waals surface area contributed by atoms with E-state index in [1.165, 1.54) is 32.4 Å². The molecule has 2 rings (SSSR count). The third-order valence-corrected chi connectivity index (χ3v) is 2.90. The maximum Gasteiger partial charge on any atom is 0.0258 e. The molecule has 2 fully saturated rings. The van der Waals surface area contributed by atoms with Gasteiger partial charge in [-0.15, -0.1) is 0 Å². The van der Waals surface area contributed by atoms with Crippen molar-refractivity contribution in [3.8, 4) is 0 Å². The monoisotopic (exact) mass is 140 g/mol. The van der Waals surface area contributed by atoms with Gasteiger partial charge in [0.05, 0.1) is 0 Å². The molecule has 0 aromatic heterocycles. The summed E-state index contributed by atoms with van der Waals surface area (Å²) in [6, 6.07) is 1.67. The van der Waals surface area contributed by atoms with Gasteiger partial charge in [-0.05, 0) is 39.4 Å². The van der Waals surface area contributed by atoms with Crippen LogP contribution in [0.1, 0.15) is 19.3 Å². The summed E-state index contributed by atoms with van der Waals surface area (Å²) < 4.78 is 0. The number of fused-ring (bicyclic) bond motifs is 1. The fourth-order valence-corrected chi connectivity index (χ4v) is 2.30. The molecule has 0 spiro atoms. The topological polar surface area (TPSA) is 15.3 Å². The first-order chi connectivity index (χ1) is 4.88. The summed E-state index contributed by atoms with van der Waals surface area (Å²) in [6.45, 7) is 2.54. The third kappa shape index (κ3) is 0.956. The van der Waals surface area contributed by atoms with Crippen LogP contribution in [0.2, 0.25) is 0 Å². The van der Waals surface area contributed by atoms with Crippen molar-refractivity contribution < 1.29 is 0 Å². The molecule has 10 heavy (non-hydrogen) atoms. The first-order valence-corrected chi connectivity index (χ1v) is 4.31. The summed E-state index contributed by atoms with van der Waals surface area (Å²) in [7, 11) is 2.25. The fourth-order valence-electron chi connectivity index (χ4n) is 2.30. The zero-order valence-corrected chi connectivity index (χ0v) is 6.64. The molecule has 2 heteroatoms. The molecule has 1 unspecified atom stereocenters. The largest absolute Gasteiger partial charge is 0.312 e. The Hall–Kier alpha value is -0.0800. The van der Waals surface area contributed by atoms with Crippen molar-refractivity contribution in [2.24, 2.45) is 0 Å². The summed E-state index contributed by atoms with van der Waals surface area (Å²) >= 11 is 0. The molecule has 0 radical (unpaired) electrons. The highest BCUT2D eigenvalue weighted by atomic mass is 15.2. The molecule has 2 nitrogen and oxygen atoms in total. The number of nitrogens with zero attached hydrogens (tertiary/aromatic N) is 1. The van der Waals surface area contributed by atoms with Crippen LogP contribution in [-0.2, 0) is 0 Å². The molecule has 0 aromatic rings. The van der Waals surface area contributed by atoms with E-state index in [0.717, 1.165) is 12.1 Å². The van der Waals surface area contributed by atoms with E-state index in [0.29, 0.717) is 0 Å². The van der Waals surface area contributed by atoms with Crippen molar-refractivity contribution in [2.75, 3.05) is 20.1 Å². The van der Waals surface area contributed by atoms with Gasteiger partial charge in [-0.25, -0.2) is 0 Å². The molecule has 0 amide bonds. The average molecular weight is 140 g/mol. The lowest BCUT2D eigenvalue weighted by atomic mass is 9.98. The van der Waals surface area contributed by atoms with Gasteiger partial charge in [-0.1, -0.05) is 0 Å². The van der Waals surface area contributed by atoms with Crippen molar-refractivity contribution in [2.45, 2.75) is 31.3 Å². The Labute approximate surface area is 62.6 Å². The van der Waals surface area contributed by atoms with Crippen molar-refractivity contribution in [1.82, 2.24) is 10.2 Å². The van der Waals surface area contributed by atoms with Crippen molar-refractivity contribution >= 4 is 0 Å². The van der Waals surface area contributed by atoms with Gasteiger partial charge in [0.2, 0.25) is 0 Å². The van der Waals surface area contributed by atoms with Crippen LogP contribution in [0.3, 0.4) is 0 Å². The number of hydrogen-bond donors (Lipinski definition) is 1. The SMILES string of the molecule is CN1CCCC2NCC[C@H]21. The second kappa shape index (κ2) is 2.51. The zero-order valence-electron chi connectivity index (χ0n) is 6.64. The maximum atomic E-state index is 3.55. The lowest BCUT2D eigenvalue weighted by molar-refractivity contribution is 0.173. The number of piperidine rings is 1. The van der Waals surface area contributed by atoms with Gasteiger partial charge in [-0.3, -0.25) is 0 Å². The van der Waals surface area contributed by atoms with E-state index in [4.69, 9.17) is 0 Å². The van der Waals surface area contributed by atoms with Gasteiger partial charge in [-0.2, -0.15) is 0 Å². The summed E-state index contributed by atoms with van der Waals surface area (Å²) in [5, 5.41) is 3.55. The van der Waals surface area contributed by atoms with Crippen molar-refractivity contribution in [1.29, 1.82) is 0 Å². The summed E-state index contributed by atoms with van der Waals surface area (Å²) in [5.74, 6) is 0. The minimum Gasteiger partial charge on any atom is -0.312 e. The fraction of sp³-hybridized carbons (Fsp3) is 1.00. The molecule has 2 aliphatic heterocycles. The predicted molar refractivity (Wildman–Crippen MR) is 42.1 cm³/mol. The molecular formula is C8H16N2. The van der Waals surface area contributed by atoms with Crippen molar-refractivity contribution in [3.63, 3.8) is 0 Å². The molecule has 2 aliphatic rings. The summed E-state index contributed by atoms with van der Waals surface area (Å²) in [5.41, 5.74) is 0. The first-order valence-electron chi connectivity index (χ1n) is 4.31. The third-order valence-electron chi connectivity index (χ3n) is 2.90. The minimum atomic E-state index is 0.818. The first kappa shape index (κ1) is 6.62. The van der Waals surface area contributed by atoms with Crippen LogP contribution in [0.4, 0.5) is 0 Å². The Morgan fingerprint density at radius 1 is 1.40 bits per heavy atom. The van der Waals surface area contributed by atoms with Gasteiger partial charge >= 0.3 is 0 Å². The van der Waals surface area contributed by atoms with Gasteiger partial charge in [0.15, 0.2) is 0 Å². The molecule has 0 saturated carbocycles. The smallest absolute Gasteiger partial charge is 0.0258 e. The van der Waals surface area contributed by atoms with Gasteiger partial charge in [0.25, 0.3) is 0 Å². The van der Waals surface area contributed by atoms with Crippen LogP contribution in [0.15, 0.2) is 0 Å². The summed E-state index contributed by atoms with van der Waals surface area (Å²) in [6.07, 6.45) is 4.14. The highest BCUT2D eigenvalue weighted by Crippen LogP contribution is 2.22. The predicted octanol–water partition coefficient (Wildman–Crippen LogP) is 0.442. The van der Waals surface area contributed by atoms with Gasteiger partial charge in [0, 0.05) is 12.1 Å². The van der Waals surface area contributed by atoms with Crippen LogP contribution < -0.4 is 5.32 Å². The molecule has 0 bridgehead atoms. The van der Waals surface area contributed by atoms with E-state index in [2.05, 4.69) is 17.3 Å². The van der Waals surface area contributed by atoms with E-state index in [1.807, 2.05) is 0 Å². The van der Waals surface area contributed by atoms with E-state index < -0.39 is 0 Å². The molecule has 2 atom stereocenters. The number of rotatable bonds is 0. The van der Waals surface area contributed by atoms with Crippen LogP contribution in [0.25, 0.3) is 0 Å². The molecular weight excluding hydrogens is 124 g/mol. The maximum absolute atomic E-state index is 3.55. The molecule has 2 saturated heterocycles. The quantitative estimate of drug-likeness (QED) is 0.525. The Morgan fingerprint density at radius 3 is 3.10 bits per heavy atom. The number of likely N-dealkylation sites (N-methyl/N-ethyl adjacent to an activating group) is 1. The van der Waals surface area contributed by atoms with E-state index >= 15 is 0 Å². The molecule has 0 aliphatic carbocycles. The normalized spacial score (nSPS) is 41.7. The van der Waals surface area contributed by atoms with E-state index in [1.54, 1.807) is 0 Å². The minimum absolute atomic E-state index is 0.818. The lowest BCUT2D eigenvalue weighted by Crippen LogP contribution is -2.46. The van der Waals surface area contributed by atoms with E-state index in [9.17, 15) is 0 Å². The highest BCUT2D eigenvalue weighted by Gasteiger charge is 2.32. The summed E-state index contributed by atoms with van der Waals surface area (Å²) in [4.78, 5) is 2.51. The molecule has 0 aromatic carbocycles. The average Bonchev–Trinajstić information content (AvgIpc) is 2.36. The second-order valence-corrected chi connectivity index (χ2v) is 3.54. The van der Waals surface area contributed by atoms with Crippen molar-refractivity contribution in [3.05, 3.63) is 0 Å². The second-order valence-electron chi connectivity index (χ2n) is 3.54. The molecule has 58 valence electrons. The Bertz CT molecular complexity index is 124. The molecule has 1 N–H and O–H groups in total. The zero-order chi connectivity index (χ0) is 6.97. The van der Waals surface area contributed by atoms with Gasteiger partial charge in [0.1, 0.15) is 0 Å². The highest BCUT2D eigenvalue weighted by molar-refractivity contribution is 4.92. The number of hydrogen-bond acceptors (Lipinski definition) is 2. The number of nitrogens with one attached hydrogen (secondary N) is 1. The molecule has 2 heterocycles. The van der Waals surface area contributed by atoms with Crippen LogP contribution in [-0.4, -0.2) is 37.1 Å². The lowest BCUT2D eigenvalue weighted by Gasteiger charge is -2.34. The van der Waals surface area contributed by atoms with Crippen LogP contribution in [0.5, 0.6) is 0 Å². The Balaban J connectivity index is 2.03.